The highest BCUT2D eigenvalue weighted by Gasteiger charge is 2.28. The van der Waals surface area contributed by atoms with Crippen LogP contribution in [0.1, 0.15) is 24.1 Å². The number of rotatable bonds is 7. The van der Waals surface area contributed by atoms with Gasteiger partial charge in [-0.25, -0.2) is 13.2 Å². The van der Waals surface area contributed by atoms with Gasteiger partial charge in [0.05, 0.1) is 19.8 Å². The molecule has 0 radical (unpaired) electrons. The first-order chi connectivity index (χ1) is 13.9. The van der Waals surface area contributed by atoms with Crippen LogP contribution in [-0.4, -0.2) is 43.7 Å². The van der Waals surface area contributed by atoms with E-state index < -0.39 is 17.5 Å². The van der Waals surface area contributed by atoms with Crippen molar-refractivity contribution in [1.82, 2.24) is 10.2 Å². The Kier molecular flexibility index (Phi) is 6.76. The monoisotopic (exact) mass is 408 g/mol. The van der Waals surface area contributed by atoms with Crippen LogP contribution in [0.3, 0.4) is 0 Å². The molecule has 0 aliphatic carbocycles. The summed E-state index contributed by atoms with van der Waals surface area (Å²) in [5, 5.41) is 3.27. The molecule has 1 heterocycles. The van der Waals surface area contributed by atoms with E-state index in [0.29, 0.717) is 6.54 Å². The van der Waals surface area contributed by atoms with Crippen molar-refractivity contribution in [3.8, 4) is 5.75 Å². The minimum atomic E-state index is -0.683. The first-order valence-corrected chi connectivity index (χ1v) is 9.28. The van der Waals surface area contributed by atoms with Gasteiger partial charge in [-0.2, -0.15) is 0 Å². The summed E-state index contributed by atoms with van der Waals surface area (Å²) in [6, 6.07) is 8.12. The summed E-state index contributed by atoms with van der Waals surface area (Å²) in [6.45, 7) is 2.22. The van der Waals surface area contributed by atoms with Crippen molar-refractivity contribution in [1.29, 1.82) is 0 Å². The number of halogens is 3. The third-order valence-electron chi connectivity index (χ3n) is 4.96. The summed E-state index contributed by atoms with van der Waals surface area (Å²) >= 11 is 0. The predicted molar refractivity (Wildman–Crippen MR) is 101 cm³/mol. The second-order valence-corrected chi connectivity index (χ2v) is 6.93. The minimum Gasteiger partial charge on any atom is -0.494 e. The zero-order chi connectivity index (χ0) is 21.0. The van der Waals surface area contributed by atoms with E-state index in [-0.39, 0.29) is 49.1 Å². The molecule has 0 bridgehead atoms. The molecule has 2 aromatic rings. The number of methoxy groups -OCH3 is 1. The molecular weight excluding hydrogens is 385 g/mol. The molecule has 0 aromatic heterocycles. The van der Waals surface area contributed by atoms with E-state index in [1.54, 1.807) is 12.1 Å². The lowest BCUT2D eigenvalue weighted by Crippen LogP contribution is -2.49. The molecule has 8 heteroatoms. The molecule has 1 aliphatic rings. The zero-order valence-electron chi connectivity index (χ0n) is 16.3. The Morgan fingerprint density at radius 2 is 1.93 bits per heavy atom. The number of amides is 1. The molecular formula is C21H23F3N2O3. The average Bonchev–Trinajstić information content (AvgIpc) is 2.71. The van der Waals surface area contributed by atoms with Crippen LogP contribution in [0.25, 0.3) is 0 Å². The van der Waals surface area contributed by atoms with Crippen molar-refractivity contribution >= 4 is 5.91 Å². The third kappa shape index (κ3) is 5.07. The topological polar surface area (TPSA) is 50.8 Å². The van der Waals surface area contributed by atoms with E-state index in [1.807, 2.05) is 6.92 Å². The maximum Gasteiger partial charge on any atom is 0.248 e. The van der Waals surface area contributed by atoms with Crippen molar-refractivity contribution in [2.24, 2.45) is 0 Å². The Hall–Kier alpha value is -2.58. The zero-order valence-corrected chi connectivity index (χ0v) is 16.3. The van der Waals surface area contributed by atoms with Gasteiger partial charge in [-0.05, 0) is 36.8 Å². The maximum atomic E-state index is 13.9. The lowest BCUT2D eigenvalue weighted by atomic mass is 10.1. The van der Waals surface area contributed by atoms with Crippen molar-refractivity contribution in [2.75, 3.05) is 26.8 Å². The van der Waals surface area contributed by atoms with Gasteiger partial charge in [0.25, 0.3) is 0 Å². The number of benzene rings is 2. The third-order valence-corrected chi connectivity index (χ3v) is 4.96. The van der Waals surface area contributed by atoms with Crippen LogP contribution in [0, 0.1) is 17.5 Å². The van der Waals surface area contributed by atoms with Crippen molar-refractivity contribution in [2.45, 2.75) is 25.6 Å². The fourth-order valence-corrected chi connectivity index (χ4v) is 3.20. The van der Waals surface area contributed by atoms with E-state index in [4.69, 9.17) is 9.47 Å². The van der Waals surface area contributed by atoms with Gasteiger partial charge in [-0.3, -0.25) is 4.79 Å². The first-order valence-electron chi connectivity index (χ1n) is 9.28. The quantitative estimate of drug-likeness (QED) is 0.765. The second kappa shape index (κ2) is 9.28. The molecule has 29 heavy (non-hydrogen) atoms. The van der Waals surface area contributed by atoms with E-state index >= 15 is 0 Å². The number of carbonyl (C=O) groups excluding carboxylic acids is 1. The Morgan fingerprint density at radius 1 is 1.21 bits per heavy atom. The fourth-order valence-electron chi connectivity index (χ4n) is 3.20. The molecule has 1 N–H and O–H groups in total. The molecule has 5 nitrogen and oxygen atoms in total. The molecule has 0 saturated carbocycles. The number of morpholine rings is 1. The summed E-state index contributed by atoms with van der Waals surface area (Å²) in [4.78, 5) is 13.5. The Bertz CT molecular complexity index is 858. The SMILES string of the molecule is COc1cc([C@@H](C)NCC2CN(Cc3c(F)cccc3F)C(=O)CO2)ccc1F. The van der Waals surface area contributed by atoms with E-state index in [2.05, 4.69) is 5.32 Å². The number of nitrogens with zero attached hydrogens (tertiary/aromatic N) is 1. The van der Waals surface area contributed by atoms with Crippen molar-refractivity contribution in [3.05, 3.63) is 65.0 Å². The number of ether oxygens (including phenoxy) is 2. The summed E-state index contributed by atoms with van der Waals surface area (Å²) in [5.41, 5.74) is 0.696. The molecule has 0 spiro atoms. The highest BCUT2D eigenvalue weighted by atomic mass is 19.1. The summed E-state index contributed by atoms with van der Waals surface area (Å²) < 4.78 is 51.9. The smallest absolute Gasteiger partial charge is 0.248 e. The number of nitrogens with one attached hydrogen (secondary N) is 1. The minimum absolute atomic E-state index is 0.122. The van der Waals surface area contributed by atoms with Gasteiger partial charge in [0.2, 0.25) is 5.91 Å². The van der Waals surface area contributed by atoms with Crippen LogP contribution in [0.2, 0.25) is 0 Å². The number of carbonyl (C=O) groups is 1. The number of hydrogen-bond acceptors (Lipinski definition) is 4. The van der Waals surface area contributed by atoms with E-state index in [1.165, 1.54) is 36.3 Å². The molecule has 1 unspecified atom stereocenters. The average molecular weight is 408 g/mol. The standard InChI is InChI=1S/C21H23F3N2O3/c1-13(14-6-7-19(24)20(8-14)28-2)25-9-15-10-26(21(27)12-29-15)11-16-17(22)4-3-5-18(16)23/h3-8,13,15,25H,9-12H2,1-2H3/t13-,15?/m1/s1. The summed E-state index contributed by atoms with van der Waals surface area (Å²) in [5.74, 6) is -1.96. The van der Waals surface area contributed by atoms with Crippen LogP contribution >= 0.6 is 0 Å². The molecule has 1 aliphatic heterocycles. The van der Waals surface area contributed by atoms with Crippen LogP contribution in [0.4, 0.5) is 13.2 Å². The van der Waals surface area contributed by atoms with E-state index in [0.717, 1.165) is 5.56 Å². The predicted octanol–water partition coefficient (Wildman–Crippen LogP) is 3.19. The molecule has 2 aromatic carbocycles. The van der Waals surface area contributed by atoms with Gasteiger partial charge in [-0.15, -0.1) is 0 Å². The first kappa shape index (κ1) is 21.1. The second-order valence-electron chi connectivity index (χ2n) is 6.93. The Balaban J connectivity index is 1.60. The van der Waals surface area contributed by atoms with Crippen LogP contribution in [-0.2, 0) is 16.1 Å². The highest BCUT2D eigenvalue weighted by molar-refractivity contribution is 5.78. The van der Waals surface area contributed by atoms with E-state index in [9.17, 15) is 18.0 Å². The molecule has 2 atom stereocenters. The Labute approximate surface area is 167 Å². The normalized spacial score (nSPS) is 18.0. The van der Waals surface area contributed by atoms with Gasteiger partial charge in [0.15, 0.2) is 11.6 Å². The number of hydrogen-bond donors (Lipinski definition) is 1. The van der Waals surface area contributed by atoms with Gasteiger partial charge in [0, 0.05) is 24.7 Å². The van der Waals surface area contributed by atoms with Gasteiger partial charge in [-0.1, -0.05) is 12.1 Å². The van der Waals surface area contributed by atoms with Crippen molar-refractivity contribution in [3.63, 3.8) is 0 Å². The molecule has 1 saturated heterocycles. The molecule has 1 amide bonds. The molecule has 1 fully saturated rings. The van der Waals surface area contributed by atoms with Crippen LogP contribution in [0.5, 0.6) is 5.75 Å². The fraction of sp³-hybridized carbons (Fsp3) is 0.381. The Morgan fingerprint density at radius 3 is 2.62 bits per heavy atom. The van der Waals surface area contributed by atoms with Gasteiger partial charge < -0.3 is 19.7 Å². The molecule has 3 rings (SSSR count). The summed E-state index contributed by atoms with van der Waals surface area (Å²) in [6.07, 6.45) is -0.340. The molecule has 156 valence electrons. The lowest BCUT2D eigenvalue weighted by Gasteiger charge is -2.33. The maximum absolute atomic E-state index is 13.9. The van der Waals surface area contributed by atoms with Gasteiger partial charge >= 0.3 is 0 Å². The van der Waals surface area contributed by atoms with Crippen molar-refractivity contribution < 1.29 is 27.4 Å². The highest BCUT2D eigenvalue weighted by Crippen LogP contribution is 2.23. The largest absolute Gasteiger partial charge is 0.494 e. The summed E-state index contributed by atoms with van der Waals surface area (Å²) in [7, 11) is 1.40. The lowest BCUT2D eigenvalue weighted by molar-refractivity contribution is -0.149. The van der Waals surface area contributed by atoms with Gasteiger partial charge in [0.1, 0.15) is 18.2 Å². The van der Waals surface area contributed by atoms with Crippen LogP contribution in [0.15, 0.2) is 36.4 Å². The van der Waals surface area contributed by atoms with Crippen LogP contribution < -0.4 is 10.1 Å².